The molecule has 2 fully saturated rings. The lowest BCUT2D eigenvalue weighted by Gasteiger charge is -2.35. The SMILES string of the molecule is O=C(CN1CCN(c2ccnc(Cl)c2)CC1)NC1CC1. The van der Waals surface area contributed by atoms with Crippen LogP contribution in [0.4, 0.5) is 5.69 Å². The van der Waals surface area contributed by atoms with E-state index in [1.165, 1.54) is 0 Å². The number of amides is 1. The van der Waals surface area contributed by atoms with Gasteiger partial charge in [0.15, 0.2) is 0 Å². The Balaban J connectivity index is 1.47. The second-order valence-corrected chi connectivity index (χ2v) is 5.83. The van der Waals surface area contributed by atoms with Gasteiger partial charge in [-0.1, -0.05) is 11.6 Å². The zero-order valence-corrected chi connectivity index (χ0v) is 12.1. The number of piperazine rings is 1. The molecular weight excluding hydrogens is 276 g/mol. The van der Waals surface area contributed by atoms with Gasteiger partial charge >= 0.3 is 0 Å². The van der Waals surface area contributed by atoms with Crippen LogP contribution in [0.15, 0.2) is 18.3 Å². The maximum atomic E-state index is 11.8. The summed E-state index contributed by atoms with van der Waals surface area (Å²) in [5.74, 6) is 0.160. The summed E-state index contributed by atoms with van der Waals surface area (Å²) in [5, 5.41) is 3.55. The Bertz CT molecular complexity index is 484. The van der Waals surface area contributed by atoms with Gasteiger partial charge in [0.1, 0.15) is 5.15 Å². The van der Waals surface area contributed by atoms with E-state index in [1.807, 2.05) is 12.1 Å². The molecule has 0 radical (unpaired) electrons. The van der Waals surface area contributed by atoms with Crippen molar-refractivity contribution in [3.8, 4) is 0 Å². The van der Waals surface area contributed by atoms with Gasteiger partial charge in [0.25, 0.3) is 0 Å². The lowest BCUT2D eigenvalue weighted by Crippen LogP contribution is -2.49. The van der Waals surface area contributed by atoms with E-state index >= 15 is 0 Å². The predicted octanol–water partition coefficient (Wildman–Crippen LogP) is 1.14. The Hall–Kier alpha value is -1.33. The Labute approximate surface area is 123 Å². The summed E-state index contributed by atoms with van der Waals surface area (Å²) in [7, 11) is 0. The van der Waals surface area contributed by atoms with Gasteiger partial charge in [0, 0.05) is 44.1 Å². The van der Waals surface area contributed by atoms with Crippen molar-refractivity contribution in [1.29, 1.82) is 0 Å². The summed E-state index contributed by atoms with van der Waals surface area (Å²) >= 11 is 5.91. The number of nitrogens with zero attached hydrogens (tertiary/aromatic N) is 3. The van der Waals surface area contributed by atoms with Gasteiger partial charge in [0.2, 0.25) is 5.91 Å². The fraction of sp³-hybridized carbons (Fsp3) is 0.571. The Kier molecular flexibility index (Phi) is 4.08. The quantitative estimate of drug-likeness (QED) is 0.846. The summed E-state index contributed by atoms with van der Waals surface area (Å²) in [4.78, 5) is 20.2. The molecule has 1 aliphatic heterocycles. The Morgan fingerprint density at radius 1 is 1.35 bits per heavy atom. The number of anilines is 1. The average Bonchev–Trinajstić information content (AvgIpc) is 3.23. The molecule has 2 aliphatic rings. The number of hydrogen-bond donors (Lipinski definition) is 1. The molecule has 3 rings (SSSR count). The molecule has 20 heavy (non-hydrogen) atoms. The van der Waals surface area contributed by atoms with Crippen LogP contribution in [0, 0.1) is 0 Å². The number of halogens is 1. The van der Waals surface area contributed by atoms with Crippen molar-refractivity contribution in [1.82, 2.24) is 15.2 Å². The first kappa shape index (κ1) is 13.6. The van der Waals surface area contributed by atoms with Crippen LogP contribution in [0.3, 0.4) is 0 Å². The van der Waals surface area contributed by atoms with Crippen LogP contribution in [0.25, 0.3) is 0 Å². The Morgan fingerprint density at radius 3 is 2.75 bits per heavy atom. The van der Waals surface area contributed by atoms with Crippen molar-refractivity contribution in [3.63, 3.8) is 0 Å². The van der Waals surface area contributed by atoms with E-state index in [0.717, 1.165) is 44.7 Å². The molecule has 2 heterocycles. The monoisotopic (exact) mass is 294 g/mol. The van der Waals surface area contributed by atoms with Crippen molar-refractivity contribution in [2.45, 2.75) is 18.9 Å². The van der Waals surface area contributed by atoms with Crippen molar-refractivity contribution in [2.24, 2.45) is 0 Å². The molecule has 1 aromatic rings. The van der Waals surface area contributed by atoms with Gasteiger partial charge < -0.3 is 10.2 Å². The Morgan fingerprint density at radius 2 is 2.10 bits per heavy atom. The second kappa shape index (κ2) is 5.97. The van der Waals surface area contributed by atoms with Gasteiger partial charge in [-0.2, -0.15) is 0 Å². The van der Waals surface area contributed by atoms with Crippen LogP contribution in [-0.2, 0) is 4.79 Å². The third-order valence-electron chi connectivity index (χ3n) is 3.76. The summed E-state index contributed by atoms with van der Waals surface area (Å²) in [6.07, 6.45) is 4.01. The van der Waals surface area contributed by atoms with Crippen LogP contribution in [0.5, 0.6) is 0 Å². The molecular formula is C14H19ClN4O. The number of pyridine rings is 1. The highest BCUT2D eigenvalue weighted by Crippen LogP contribution is 2.20. The minimum atomic E-state index is 0.160. The van der Waals surface area contributed by atoms with Crippen molar-refractivity contribution < 1.29 is 4.79 Å². The maximum Gasteiger partial charge on any atom is 0.234 e. The molecule has 1 saturated carbocycles. The number of carbonyl (C=O) groups is 1. The normalized spacial score (nSPS) is 19.9. The molecule has 0 bridgehead atoms. The minimum Gasteiger partial charge on any atom is -0.369 e. The summed E-state index contributed by atoms with van der Waals surface area (Å²) in [6, 6.07) is 4.31. The van der Waals surface area contributed by atoms with E-state index in [4.69, 9.17) is 11.6 Å². The largest absolute Gasteiger partial charge is 0.369 e. The van der Waals surface area contributed by atoms with E-state index in [-0.39, 0.29) is 5.91 Å². The summed E-state index contributed by atoms with van der Waals surface area (Å²) in [5.41, 5.74) is 1.10. The van der Waals surface area contributed by atoms with Crippen LogP contribution < -0.4 is 10.2 Å². The topological polar surface area (TPSA) is 48.5 Å². The van der Waals surface area contributed by atoms with Gasteiger partial charge in [-0.25, -0.2) is 4.98 Å². The molecule has 0 atom stereocenters. The van der Waals surface area contributed by atoms with Gasteiger partial charge in [0.05, 0.1) is 6.54 Å². The molecule has 1 aromatic heterocycles. The smallest absolute Gasteiger partial charge is 0.234 e. The number of nitrogens with one attached hydrogen (secondary N) is 1. The first-order valence-corrected chi connectivity index (χ1v) is 7.47. The van der Waals surface area contributed by atoms with Crippen LogP contribution >= 0.6 is 11.6 Å². The predicted molar refractivity (Wildman–Crippen MR) is 79.1 cm³/mol. The van der Waals surface area contributed by atoms with Crippen molar-refractivity contribution in [3.05, 3.63) is 23.5 Å². The highest BCUT2D eigenvalue weighted by atomic mass is 35.5. The number of hydrogen-bond acceptors (Lipinski definition) is 4. The molecule has 1 saturated heterocycles. The number of carbonyl (C=O) groups excluding carboxylic acids is 1. The van der Waals surface area contributed by atoms with E-state index < -0.39 is 0 Å². The highest BCUT2D eigenvalue weighted by molar-refractivity contribution is 6.29. The van der Waals surface area contributed by atoms with Crippen LogP contribution in [0.1, 0.15) is 12.8 Å². The molecule has 0 aromatic carbocycles. The highest BCUT2D eigenvalue weighted by Gasteiger charge is 2.25. The molecule has 1 N–H and O–H groups in total. The maximum absolute atomic E-state index is 11.8. The minimum absolute atomic E-state index is 0.160. The number of aromatic nitrogens is 1. The lowest BCUT2D eigenvalue weighted by atomic mass is 10.2. The van der Waals surface area contributed by atoms with Crippen LogP contribution in [-0.4, -0.2) is 54.6 Å². The van der Waals surface area contributed by atoms with Crippen LogP contribution in [0.2, 0.25) is 5.15 Å². The fourth-order valence-corrected chi connectivity index (χ4v) is 2.63. The fourth-order valence-electron chi connectivity index (χ4n) is 2.46. The third-order valence-corrected chi connectivity index (χ3v) is 3.96. The first-order chi connectivity index (χ1) is 9.70. The zero-order chi connectivity index (χ0) is 13.9. The molecule has 108 valence electrons. The standard InChI is InChI=1S/C14H19ClN4O/c15-13-9-12(3-4-16-13)19-7-5-18(6-8-19)10-14(20)17-11-1-2-11/h3-4,9,11H,1-2,5-8,10H2,(H,17,20). The van der Waals surface area contributed by atoms with Gasteiger partial charge in [-0.15, -0.1) is 0 Å². The second-order valence-electron chi connectivity index (χ2n) is 5.44. The van der Waals surface area contributed by atoms with E-state index in [0.29, 0.717) is 17.7 Å². The molecule has 0 unspecified atom stereocenters. The summed E-state index contributed by atoms with van der Waals surface area (Å²) < 4.78 is 0. The molecule has 5 nitrogen and oxygen atoms in total. The van der Waals surface area contributed by atoms with Gasteiger partial charge in [-0.3, -0.25) is 9.69 Å². The van der Waals surface area contributed by atoms with E-state index in [1.54, 1.807) is 6.20 Å². The zero-order valence-electron chi connectivity index (χ0n) is 11.4. The molecule has 6 heteroatoms. The third kappa shape index (κ3) is 3.61. The summed E-state index contributed by atoms with van der Waals surface area (Å²) in [6.45, 7) is 4.14. The van der Waals surface area contributed by atoms with Crippen molar-refractivity contribution >= 4 is 23.2 Å². The van der Waals surface area contributed by atoms with E-state index in [2.05, 4.69) is 20.1 Å². The molecule has 1 aliphatic carbocycles. The first-order valence-electron chi connectivity index (χ1n) is 7.09. The molecule has 1 amide bonds. The van der Waals surface area contributed by atoms with E-state index in [9.17, 15) is 4.79 Å². The average molecular weight is 295 g/mol. The van der Waals surface area contributed by atoms with Gasteiger partial charge in [-0.05, 0) is 25.0 Å². The lowest BCUT2D eigenvalue weighted by molar-refractivity contribution is -0.122. The molecule has 0 spiro atoms. The van der Waals surface area contributed by atoms with Crippen molar-refractivity contribution in [2.75, 3.05) is 37.6 Å². The number of rotatable bonds is 4.